The third-order valence-electron chi connectivity index (χ3n) is 5.91. The number of benzene rings is 1. The van der Waals surface area contributed by atoms with Gasteiger partial charge in [-0.25, -0.2) is 9.78 Å². The summed E-state index contributed by atoms with van der Waals surface area (Å²) in [6.07, 6.45) is 1.19. The minimum Gasteiger partial charge on any atom is -0.508 e. The second-order valence-corrected chi connectivity index (χ2v) is 9.22. The maximum atomic E-state index is 13.1. The first-order chi connectivity index (χ1) is 19.3. The molecule has 1 aromatic heterocycles. The molecule has 16 heteroatoms. The van der Waals surface area contributed by atoms with E-state index in [2.05, 4.69) is 25.9 Å². The van der Waals surface area contributed by atoms with E-state index in [1.165, 1.54) is 36.8 Å². The van der Waals surface area contributed by atoms with Gasteiger partial charge in [-0.1, -0.05) is 12.1 Å². The van der Waals surface area contributed by atoms with Crippen LogP contribution in [0.15, 0.2) is 36.8 Å². The second-order valence-electron chi connectivity index (χ2n) is 9.22. The minimum absolute atomic E-state index is 0.0364. The molecule has 41 heavy (non-hydrogen) atoms. The maximum absolute atomic E-state index is 13.1. The Balaban J connectivity index is 2.16. The number of carboxylic acids is 2. The van der Waals surface area contributed by atoms with Gasteiger partial charge in [-0.05, 0) is 30.5 Å². The van der Waals surface area contributed by atoms with Gasteiger partial charge < -0.3 is 47.7 Å². The number of rotatable bonds is 17. The molecule has 0 bridgehead atoms. The van der Waals surface area contributed by atoms with Crippen molar-refractivity contribution in [2.24, 2.45) is 11.5 Å². The highest BCUT2D eigenvalue weighted by molar-refractivity contribution is 5.94. The van der Waals surface area contributed by atoms with E-state index < -0.39 is 66.2 Å². The zero-order valence-corrected chi connectivity index (χ0v) is 21.9. The number of nitrogens with zero attached hydrogens (tertiary/aromatic N) is 1. The smallest absolute Gasteiger partial charge is 0.326 e. The summed E-state index contributed by atoms with van der Waals surface area (Å²) >= 11 is 0. The normalized spacial score (nSPS) is 13.7. The molecular weight excluding hydrogens is 542 g/mol. The molecule has 0 saturated heterocycles. The van der Waals surface area contributed by atoms with Gasteiger partial charge in [0.15, 0.2) is 0 Å². The van der Waals surface area contributed by atoms with Crippen molar-refractivity contribution in [2.75, 3.05) is 0 Å². The second kappa shape index (κ2) is 15.6. The number of aromatic hydroxyl groups is 1. The van der Waals surface area contributed by atoms with E-state index in [0.29, 0.717) is 11.3 Å². The number of hydrogen-bond acceptors (Lipinski definition) is 9. The van der Waals surface area contributed by atoms with E-state index in [-0.39, 0.29) is 37.9 Å². The Morgan fingerprint density at radius 3 is 1.90 bits per heavy atom. The molecule has 0 spiro atoms. The van der Waals surface area contributed by atoms with E-state index in [4.69, 9.17) is 16.6 Å². The average molecular weight is 576 g/mol. The Morgan fingerprint density at radius 1 is 0.829 bits per heavy atom. The number of aliphatic carboxylic acids is 2. The summed E-state index contributed by atoms with van der Waals surface area (Å²) in [5.41, 5.74) is 12.1. The number of hydrogen-bond donors (Lipinski definition) is 9. The molecule has 16 nitrogen and oxygen atoms in total. The lowest BCUT2D eigenvalue weighted by Crippen LogP contribution is -2.57. The number of nitrogens with one attached hydrogen (secondary N) is 4. The Morgan fingerprint density at radius 2 is 1.39 bits per heavy atom. The van der Waals surface area contributed by atoms with Gasteiger partial charge in [0.1, 0.15) is 23.9 Å². The lowest BCUT2D eigenvalue weighted by molar-refractivity contribution is -0.142. The molecule has 2 aromatic rings. The summed E-state index contributed by atoms with van der Waals surface area (Å²) in [7, 11) is 0. The van der Waals surface area contributed by atoms with Gasteiger partial charge >= 0.3 is 11.9 Å². The first kappa shape index (κ1) is 32.2. The molecule has 0 aliphatic rings. The highest BCUT2D eigenvalue weighted by Crippen LogP contribution is 2.12. The quantitative estimate of drug-likeness (QED) is 0.0984. The fourth-order valence-corrected chi connectivity index (χ4v) is 3.71. The van der Waals surface area contributed by atoms with Gasteiger partial charge in [0.25, 0.3) is 0 Å². The molecule has 0 radical (unpaired) electrons. The van der Waals surface area contributed by atoms with Crippen LogP contribution in [0.2, 0.25) is 0 Å². The fraction of sp³-hybridized carbons (Fsp3) is 0.400. The number of primary amides is 1. The van der Waals surface area contributed by atoms with Crippen LogP contribution in [0.1, 0.15) is 36.9 Å². The van der Waals surface area contributed by atoms with Crippen molar-refractivity contribution in [3.05, 3.63) is 48.0 Å². The summed E-state index contributed by atoms with van der Waals surface area (Å²) in [4.78, 5) is 79.8. The van der Waals surface area contributed by atoms with Crippen molar-refractivity contribution in [2.45, 2.75) is 62.7 Å². The van der Waals surface area contributed by atoms with E-state index in [0.717, 1.165) is 0 Å². The Kier molecular flexibility index (Phi) is 12.2. The number of carbonyl (C=O) groups is 6. The van der Waals surface area contributed by atoms with Crippen molar-refractivity contribution in [3.8, 4) is 5.75 Å². The Bertz CT molecular complexity index is 1220. The standard InChI is InChI=1S/C25H33N7O9/c26-16(10-14-11-28-12-29-14)22(37)30-18(6-8-21(35)36)23(38)31-17(5-7-20(27)34)24(39)32-19(25(40)41)9-13-1-3-15(33)4-2-13/h1-4,11-12,16-19,33H,5-10,26H2,(H2,27,34)(H,28,29)(H,30,37)(H,31,38)(H,32,39)(H,35,36)(H,40,41). The van der Waals surface area contributed by atoms with E-state index >= 15 is 0 Å². The van der Waals surface area contributed by atoms with Gasteiger partial charge in [-0.3, -0.25) is 24.0 Å². The molecule has 0 aliphatic heterocycles. The topological polar surface area (TPSA) is 280 Å². The first-order valence-electron chi connectivity index (χ1n) is 12.5. The van der Waals surface area contributed by atoms with Gasteiger partial charge in [0.05, 0.1) is 12.4 Å². The van der Waals surface area contributed by atoms with Crippen molar-refractivity contribution < 1.29 is 44.1 Å². The highest BCUT2D eigenvalue weighted by atomic mass is 16.4. The van der Waals surface area contributed by atoms with Gasteiger partial charge in [0.2, 0.25) is 23.6 Å². The largest absolute Gasteiger partial charge is 0.508 e. The number of carbonyl (C=O) groups excluding carboxylic acids is 4. The van der Waals surface area contributed by atoms with Crippen LogP contribution in [0.5, 0.6) is 5.75 Å². The van der Waals surface area contributed by atoms with E-state index in [9.17, 15) is 39.0 Å². The molecule has 222 valence electrons. The number of amides is 4. The molecule has 4 unspecified atom stereocenters. The lowest BCUT2D eigenvalue weighted by atomic mass is 10.0. The molecule has 1 heterocycles. The zero-order chi connectivity index (χ0) is 30.5. The average Bonchev–Trinajstić information content (AvgIpc) is 3.42. The van der Waals surface area contributed by atoms with Gasteiger partial charge in [-0.15, -0.1) is 0 Å². The van der Waals surface area contributed by atoms with Crippen LogP contribution in [0.4, 0.5) is 0 Å². The Hall–Kier alpha value is -4.99. The summed E-state index contributed by atoms with van der Waals surface area (Å²) in [6, 6.07) is 0.176. The van der Waals surface area contributed by atoms with Gasteiger partial charge in [0, 0.05) is 37.6 Å². The predicted octanol–water partition coefficient (Wildman–Crippen LogP) is -2.10. The Labute approximate surface area is 233 Å². The number of imidazole rings is 1. The number of aromatic amines is 1. The highest BCUT2D eigenvalue weighted by Gasteiger charge is 2.31. The molecule has 4 amide bonds. The number of phenolic OH excluding ortho intramolecular Hbond substituents is 1. The number of nitrogens with two attached hydrogens (primary N) is 2. The monoisotopic (exact) mass is 575 g/mol. The van der Waals surface area contributed by atoms with Crippen LogP contribution in [-0.2, 0) is 41.6 Å². The number of carboxylic acid groups (broad SMARTS) is 2. The number of aromatic nitrogens is 2. The van der Waals surface area contributed by atoms with Crippen molar-refractivity contribution >= 4 is 35.6 Å². The molecule has 1 aromatic carbocycles. The van der Waals surface area contributed by atoms with Crippen LogP contribution in [0.25, 0.3) is 0 Å². The number of phenols is 1. The van der Waals surface area contributed by atoms with E-state index in [1.807, 2.05) is 0 Å². The lowest BCUT2D eigenvalue weighted by Gasteiger charge is -2.25. The summed E-state index contributed by atoms with van der Waals surface area (Å²) in [5, 5.41) is 35.2. The molecule has 0 aliphatic carbocycles. The SMILES string of the molecule is NC(=O)CCC(NC(=O)C(CCC(=O)O)NC(=O)C(N)Cc1cnc[nH]1)C(=O)NC(Cc1ccc(O)cc1)C(=O)O. The van der Waals surface area contributed by atoms with E-state index in [1.54, 1.807) is 0 Å². The van der Waals surface area contributed by atoms with Crippen LogP contribution >= 0.6 is 0 Å². The third-order valence-corrected chi connectivity index (χ3v) is 5.91. The van der Waals surface area contributed by atoms with Crippen molar-refractivity contribution in [1.82, 2.24) is 25.9 Å². The van der Waals surface area contributed by atoms with Gasteiger partial charge in [-0.2, -0.15) is 0 Å². The fourth-order valence-electron chi connectivity index (χ4n) is 3.71. The zero-order valence-electron chi connectivity index (χ0n) is 21.9. The molecule has 2 rings (SSSR count). The summed E-state index contributed by atoms with van der Waals surface area (Å²) in [6.45, 7) is 0. The van der Waals surface area contributed by atoms with Crippen molar-refractivity contribution in [3.63, 3.8) is 0 Å². The van der Waals surface area contributed by atoms with Crippen LogP contribution < -0.4 is 27.4 Å². The first-order valence-corrected chi connectivity index (χ1v) is 12.5. The minimum atomic E-state index is -1.46. The molecule has 11 N–H and O–H groups in total. The molecular formula is C25H33N7O9. The number of H-pyrrole nitrogens is 1. The summed E-state index contributed by atoms with van der Waals surface area (Å²) < 4.78 is 0. The maximum Gasteiger partial charge on any atom is 0.326 e. The third kappa shape index (κ3) is 11.3. The molecule has 0 saturated carbocycles. The van der Waals surface area contributed by atoms with Crippen LogP contribution in [-0.4, -0.2) is 85.0 Å². The van der Waals surface area contributed by atoms with Crippen LogP contribution in [0, 0.1) is 0 Å². The molecule has 0 fully saturated rings. The molecule has 4 atom stereocenters. The van der Waals surface area contributed by atoms with Crippen molar-refractivity contribution in [1.29, 1.82) is 0 Å². The van der Waals surface area contributed by atoms with Crippen LogP contribution in [0.3, 0.4) is 0 Å². The predicted molar refractivity (Wildman–Crippen MR) is 141 cm³/mol. The summed E-state index contributed by atoms with van der Waals surface area (Å²) in [5.74, 6) is -6.15.